The number of aliphatic imine (C=N–C) groups is 1. The van der Waals surface area contributed by atoms with Crippen molar-refractivity contribution in [1.29, 1.82) is 0 Å². The summed E-state index contributed by atoms with van der Waals surface area (Å²) < 4.78 is 41.0. The van der Waals surface area contributed by atoms with Crippen LogP contribution in [0.4, 0.5) is 5.69 Å². The number of anilines is 1. The molecular formula is C22H26N2O5S2. The van der Waals surface area contributed by atoms with Crippen LogP contribution in [0.1, 0.15) is 6.42 Å². The number of fused-ring (bicyclic) bond motifs is 1. The molecule has 0 radical (unpaired) electrons. The van der Waals surface area contributed by atoms with Crippen LogP contribution in [-0.2, 0) is 9.84 Å². The smallest absolute Gasteiger partial charge is 0.164 e. The molecule has 0 bridgehead atoms. The van der Waals surface area contributed by atoms with E-state index in [0.717, 1.165) is 28.8 Å². The Kier molecular flexibility index (Phi) is 6.62. The summed E-state index contributed by atoms with van der Waals surface area (Å²) in [6.45, 7) is 0.613. The van der Waals surface area contributed by atoms with Crippen molar-refractivity contribution in [2.24, 2.45) is 4.99 Å². The molecule has 2 atom stereocenters. The van der Waals surface area contributed by atoms with E-state index in [4.69, 9.17) is 19.2 Å². The molecule has 2 aromatic carbocycles. The number of hydrogen-bond acceptors (Lipinski definition) is 8. The number of methoxy groups -OCH3 is 2. The normalized spacial score (nSPS) is 21.5. The molecule has 0 spiro atoms. The molecule has 166 valence electrons. The SMILES string of the molecule is COc1ccc(N2C(SCCCOc3ccccc3)=N[C@@H]3CS(=O)(=O)C[C@H]32)cc1OC. The molecule has 0 unspecified atom stereocenters. The van der Waals surface area contributed by atoms with Gasteiger partial charge in [0.25, 0.3) is 0 Å². The van der Waals surface area contributed by atoms with Crippen molar-refractivity contribution in [2.75, 3.05) is 43.0 Å². The Morgan fingerprint density at radius 3 is 2.58 bits per heavy atom. The van der Waals surface area contributed by atoms with Gasteiger partial charge in [0.05, 0.1) is 44.4 Å². The van der Waals surface area contributed by atoms with E-state index in [1.807, 2.05) is 53.4 Å². The molecule has 1 saturated heterocycles. The van der Waals surface area contributed by atoms with E-state index in [9.17, 15) is 8.42 Å². The van der Waals surface area contributed by atoms with Crippen molar-refractivity contribution in [3.8, 4) is 17.2 Å². The van der Waals surface area contributed by atoms with E-state index in [1.54, 1.807) is 26.0 Å². The van der Waals surface area contributed by atoms with Crippen LogP contribution in [0.5, 0.6) is 17.2 Å². The first-order valence-corrected chi connectivity index (χ1v) is 12.9. The van der Waals surface area contributed by atoms with Crippen molar-refractivity contribution in [2.45, 2.75) is 18.5 Å². The first-order chi connectivity index (χ1) is 15.0. The highest BCUT2D eigenvalue weighted by molar-refractivity contribution is 8.14. The van der Waals surface area contributed by atoms with E-state index in [-0.39, 0.29) is 23.6 Å². The number of thioether (sulfide) groups is 1. The quantitative estimate of drug-likeness (QED) is 0.557. The summed E-state index contributed by atoms with van der Waals surface area (Å²) in [5.41, 5.74) is 0.856. The number of ether oxygens (including phenoxy) is 3. The average Bonchev–Trinajstić information content (AvgIpc) is 3.24. The molecule has 2 aliphatic heterocycles. The third-order valence-corrected chi connectivity index (χ3v) is 8.04. The van der Waals surface area contributed by atoms with E-state index >= 15 is 0 Å². The van der Waals surface area contributed by atoms with E-state index in [1.165, 1.54) is 0 Å². The predicted octanol–water partition coefficient (Wildman–Crippen LogP) is 3.25. The summed E-state index contributed by atoms with van der Waals surface area (Å²) in [4.78, 5) is 6.81. The van der Waals surface area contributed by atoms with Crippen molar-refractivity contribution in [1.82, 2.24) is 0 Å². The minimum atomic E-state index is -3.09. The number of hydrogen-bond donors (Lipinski definition) is 0. The topological polar surface area (TPSA) is 77.4 Å². The lowest BCUT2D eigenvalue weighted by Crippen LogP contribution is -2.39. The van der Waals surface area contributed by atoms with Gasteiger partial charge in [0.2, 0.25) is 0 Å². The molecule has 2 aromatic rings. The van der Waals surface area contributed by atoms with Crippen LogP contribution >= 0.6 is 11.8 Å². The van der Waals surface area contributed by atoms with Crippen LogP contribution in [0, 0.1) is 0 Å². The molecule has 0 saturated carbocycles. The van der Waals surface area contributed by atoms with Gasteiger partial charge >= 0.3 is 0 Å². The Hall–Kier alpha value is -2.39. The number of para-hydroxylation sites is 1. The van der Waals surface area contributed by atoms with Gasteiger partial charge in [-0.25, -0.2) is 8.42 Å². The molecule has 0 aromatic heterocycles. The second-order valence-electron chi connectivity index (χ2n) is 7.40. The Balaban J connectivity index is 1.46. The maximum atomic E-state index is 12.2. The van der Waals surface area contributed by atoms with Crippen molar-refractivity contribution >= 4 is 32.5 Å². The van der Waals surface area contributed by atoms with Gasteiger partial charge in [-0.3, -0.25) is 4.99 Å². The van der Waals surface area contributed by atoms with Gasteiger partial charge in [-0.15, -0.1) is 0 Å². The number of nitrogens with zero attached hydrogens (tertiary/aromatic N) is 2. The van der Waals surface area contributed by atoms with Crippen LogP contribution in [0.15, 0.2) is 53.5 Å². The highest BCUT2D eigenvalue weighted by Crippen LogP contribution is 2.39. The van der Waals surface area contributed by atoms with Crippen LogP contribution < -0.4 is 19.1 Å². The van der Waals surface area contributed by atoms with E-state index < -0.39 is 9.84 Å². The molecule has 0 N–H and O–H groups in total. The van der Waals surface area contributed by atoms with E-state index in [2.05, 4.69) is 0 Å². The standard InChI is InChI=1S/C22H26N2O5S2/c1-27-20-10-9-16(13-21(20)28-2)24-19-15-31(25,26)14-18(19)23-22(24)30-12-6-11-29-17-7-4-3-5-8-17/h3-5,7-10,13,18-19H,6,11-12,14-15H2,1-2H3/t18-,19-/m1/s1. The fourth-order valence-electron chi connectivity index (χ4n) is 3.84. The van der Waals surface area contributed by atoms with Crippen molar-refractivity contribution in [3.63, 3.8) is 0 Å². The summed E-state index contributed by atoms with van der Waals surface area (Å²) in [6.07, 6.45) is 0.853. The zero-order valence-electron chi connectivity index (χ0n) is 17.6. The van der Waals surface area contributed by atoms with Crippen LogP contribution in [0.2, 0.25) is 0 Å². The highest BCUT2D eigenvalue weighted by atomic mass is 32.2. The monoisotopic (exact) mass is 462 g/mol. The summed E-state index contributed by atoms with van der Waals surface area (Å²) in [5.74, 6) is 3.12. The third kappa shape index (κ3) is 4.93. The van der Waals surface area contributed by atoms with Gasteiger partial charge < -0.3 is 19.1 Å². The van der Waals surface area contributed by atoms with Gasteiger partial charge in [0.15, 0.2) is 26.5 Å². The molecule has 7 nitrogen and oxygen atoms in total. The fourth-order valence-corrected chi connectivity index (χ4v) is 6.72. The van der Waals surface area contributed by atoms with Crippen molar-refractivity contribution in [3.05, 3.63) is 48.5 Å². The molecule has 4 rings (SSSR count). The molecule has 0 aliphatic carbocycles. The Labute approximate surface area is 187 Å². The molecule has 2 aliphatic rings. The number of benzene rings is 2. The maximum absolute atomic E-state index is 12.2. The number of sulfone groups is 1. The van der Waals surface area contributed by atoms with E-state index in [0.29, 0.717) is 18.1 Å². The Morgan fingerprint density at radius 2 is 1.84 bits per heavy atom. The highest BCUT2D eigenvalue weighted by Gasteiger charge is 2.47. The van der Waals surface area contributed by atoms with Gasteiger partial charge in [-0.1, -0.05) is 30.0 Å². The minimum absolute atomic E-state index is 0.0998. The second kappa shape index (κ2) is 9.40. The third-order valence-electron chi connectivity index (χ3n) is 5.28. The lowest BCUT2D eigenvalue weighted by Gasteiger charge is -2.27. The molecule has 1 fully saturated rings. The Bertz CT molecular complexity index is 1040. The van der Waals surface area contributed by atoms with Crippen LogP contribution in [0.3, 0.4) is 0 Å². The summed E-state index contributed by atoms with van der Waals surface area (Å²) in [5, 5.41) is 0.844. The Morgan fingerprint density at radius 1 is 1.06 bits per heavy atom. The summed E-state index contributed by atoms with van der Waals surface area (Å²) >= 11 is 1.63. The number of amidine groups is 1. The predicted molar refractivity (Wildman–Crippen MR) is 125 cm³/mol. The zero-order chi connectivity index (χ0) is 21.8. The maximum Gasteiger partial charge on any atom is 0.164 e. The zero-order valence-corrected chi connectivity index (χ0v) is 19.2. The van der Waals surface area contributed by atoms with Gasteiger partial charge in [-0.2, -0.15) is 0 Å². The molecule has 31 heavy (non-hydrogen) atoms. The van der Waals surface area contributed by atoms with Gasteiger partial charge in [0.1, 0.15) is 5.75 Å². The second-order valence-corrected chi connectivity index (χ2v) is 10.6. The molecular weight excluding hydrogens is 436 g/mol. The minimum Gasteiger partial charge on any atom is -0.494 e. The average molecular weight is 463 g/mol. The van der Waals surface area contributed by atoms with Gasteiger partial charge in [-0.05, 0) is 30.7 Å². The largest absolute Gasteiger partial charge is 0.494 e. The van der Waals surface area contributed by atoms with Crippen molar-refractivity contribution < 1.29 is 22.6 Å². The molecule has 0 amide bonds. The molecule has 9 heteroatoms. The van der Waals surface area contributed by atoms with Gasteiger partial charge in [0, 0.05) is 17.5 Å². The fraction of sp³-hybridized carbons (Fsp3) is 0.409. The lowest BCUT2D eigenvalue weighted by molar-refractivity contribution is 0.319. The summed E-state index contributed by atoms with van der Waals surface area (Å²) in [7, 11) is 0.0866. The first kappa shape index (κ1) is 21.8. The lowest BCUT2D eigenvalue weighted by atomic mass is 10.1. The summed E-state index contributed by atoms with van der Waals surface area (Å²) in [6, 6.07) is 14.9. The van der Waals surface area contributed by atoms with Crippen LogP contribution in [0.25, 0.3) is 0 Å². The first-order valence-electron chi connectivity index (χ1n) is 10.1. The van der Waals surface area contributed by atoms with Crippen LogP contribution in [-0.4, -0.2) is 63.8 Å². The molecule has 2 heterocycles. The number of rotatable bonds is 8.